The fourth-order valence-electron chi connectivity index (χ4n) is 19.6. The third-order valence-corrected chi connectivity index (χ3v) is 30.0. The largest absolute Gasteiger partial charge is 0.381 e. The van der Waals surface area contributed by atoms with Gasteiger partial charge in [0.2, 0.25) is 17.8 Å². The van der Waals surface area contributed by atoms with E-state index in [1.54, 1.807) is 17.5 Å². The van der Waals surface area contributed by atoms with Crippen LogP contribution in [0.15, 0.2) is 54.6 Å². The van der Waals surface area contributed by atoms with Crippen LogP contribution in [0.1, 0.15) is 450 Å². The van der Waals surface area contributed by atoms with Crippen LogP contribution in [0.2, 0.25) is 0 Å². The van der Waals surface area contributed by atoms with Gasteiger partial charge in [0.05, 0.1) is 0 Å². The minimum atomic E-state index is -2.38. The van der Waals surface area contributed by atoms with Crippen molar-refractivity contribution in [3.63, 3.8) is 0 Å². The second-order valence-electron chi connectivity index (χ2n) is 50.6. The van der Waals surface area contributed by atoms with Gasteiger partial charge in [0.15, 0.2) is 0 Å². The highest BCUT2D eigenvalue weighted by molar-refractivity contribution is 5.36. The zero-order valence-corrected chi connectivity index (χ0v) is 80.8. The molecule has 0 radical (unpaired) electrons. The van der Waals surface area contributed by atoms with Crippen molar-refractivity contribution in [1.82, 2.24) is 0 Å². The predicted octanol–water partition coefficient (Wildman–Crippen LogP) is 35.6. The summed E-state index contributed by atoms with van der Waals surface area (Å²) < 4.78 is 80.9. The first-order chi connectivity index (χ1) is 51.2. The molecule has 0 N–H and O–H groups in total. The highest BCUT2D eigenvalue weighted by Crippen LogP contribution is 2.61. The van der Waals surface area contributed by atoms with Crippen LogP contribution < -0.4 is 0 Å². The molecule has 7 heteroatoms. The van der Waals surface area contributed by atoms with Gasteiger partial charge in [-0.1, -0.05) is 322 Å². The summed E-state index contributed by atoms with van der Waals surface area (Å²) in [7, 11) is 0. The molecule has 660 valence electrons. The molecule has 0 spiro atoms. The van der Waals surface area contributed by atoms with Crippen LogP contribution in [-0.2, 0) is 16.6 Å². The van der Waals surface area contributed by atoms with Crippen molar-refractivity contribution in [2.75, 3.05) is 13.2 Å². The Hall–Kier alpha value is -2.02. The zero-order valence-electron chi connectivity index (χ0n) is 80.8. The lowest BCUT2D eigenvalue weighted by molar-refractivity contribution is -0.138. The normalized spacial score (nSPS) is 25.8. The van der Waals surface area contributed by atoms with Crippen molar-refractivity contribution >= 4 is 0 Å². The zero-order chi connectivity index (χ0) is 86.3. The van der Waals surface area contributed by atoms with Gasteiger partial charge in [-0.05, 0) is 276 Å². The van der Waals surface area contributed by atoms with Gasteiger partial charge in [-0.25, -0.2) is 26.3 Å². The second-order valence-corrected chi connectivity index (χ2v) is 50.6. The summed E-state index contributed by atoms with van der Waals surface area (Å²) in [5.41, 5.74) is 9.78. The Morgan fingerprint density at radius 2 is 0.602 bits per heavy atom. The van der Waals surface area contributed by atoms with Crippen LogP contribution in [0.25, 0.3) is 0 Å². The maximum absolute atomic E-state index is 12.8. The van der Waals surface area contributed by atoms with Gasteiger partial charge in [-0.3, -0.25) is 0 Å². The average molecular weight is 1590 g/mol. The smallest absolute Gasteiger partial charge is 0.248 e. The summed E-state index contributed by atoms with van der Waals surface area (Å²) in [4.78, 5) is 0. The number of hydrogen-bond acceptors (Lipinski definition) is 1. The van der Waals surface area contributed by atoms with Crippen molar-refractivity contribution in [3.05, 3.63) is 71.3 Å². The predicted molar refractivity (Wildman–Crippen MR) is 482 cm³/mol. The minimum Gasteiger partial charge on any atom is -0.381 e. The third kappa shape index (κ3) is 37.5. The number of hydrogen-bond donors (Lipinski definition) is 0. The fourth-order valence-corrected chi connectivity index (χ4v) is 19.6. The number of alkyl halides is 6. The summed E-state index contributed by atoms with van der Waals surface area (Å²) in [5, 5.41) is 0. The number of fused-ring (bicyclic) bond motifs is 2. The average Bonchev–Trinajstić information content (AvgIpc) is 1.57. The van der Waals surface area contributed by atoms with Crippen LogP contribution in [0.3, 0.4) is 0 Å². The van der Waals surface area contributed by atoms with E-state index in [1.807, 2.05) is 41.5 Å². The van der Waals surface area contributed by atoms with Crippen LogP contribution >= 0.6 is 0 Å². The van der Waals surface area contributed by atoms with Gasteiger partial charge in [0.25, 0.3) is 0 Å². The SMILES string of the molecule is CC(C)(C)C1(c2ccccc2)CC1.CC(C)(C)C1CC(F)(F)C1.CC(C)(C)C1CC1.CC(C)(C)C1CC2CC2C1.CC(C)(C)C1CCC(F)(F)C1.CC(C)(C)C1CCC(F)(F)CC1.CC(C)(C)C1CCC1.CC(C)(C)C1CCCC1.CC(C)(C)C1CCCCC1.CC(C)(C)C1CCOCC1.CC(C)(C)C1CCc2ccccc21. The molecule has 0 amide bonds. The molecular weight excluding hydrogens is 1400 g/mol. The number of ether oxygens (including phenoxy) is 1. The van der Waals surface area contributed by atoms with Crippen molar-refractivity contribution < 1.29 is 31.1 Å². The molecule has 2 aromatic carbocycles. The standard InChI is InChI=1S/2C13H18.C10H18F2.C10H18.C10H20.C9H16F2.C9H18O.C9H18.C8H14F2.C8H16.C7H14/c1-13(2,3)12-9-8-10-6-4-5-7-11(10)12;1-12(2,3)13(9-10-13)11-7-5-4-6-8-11;1-9(2,3)8-4-6-10(11,12)7-5-8;1-10(2,3)9-5-7-4-8(7)6-9;1-10(2,3)9-7-5-4-6-8-9;1-8(2,3)7-4-5-9(10,11)6-7;1-9(2,3)8-4-6-10-7-5-8;1-9(2,3)8-6-4-5-7-8;1-7(2,3)6-4-8(9,10)5-6;1-8(2,3)7-5-4-6-7;1-7(2,3)6-4-5-6/h4-7,12H,8-9H2,1-3H3;4-8H,9-10H2,1-3H3;8H,4-7H2,1-3H3;7-9H,4-6H2,1-3H3;9H,4-8H2,1-3H3;7H,4-6H2,1-3H3;8H,4-7H2,1-3H3;8H,4-7H2,1-3H3;6H,4-5H2,1-3H3;7H,4-6H2,1-3H3;6H,4-5H2,1-3H3. The highest BCUT2D eigenvalue weighted by Gasteiger charge is 2.54. The Bertz CT molecular complexity index is 2860. The molecule has 0 aromatic heterocycles. The molecule has 1 aliphatic heterocycles. The van der Waals surface area contributed by atoms with E-state index in [0.717, 1.165) is 66.5 Å². The molecule has 12 aliphatic rings. The molecule has 113 heavy (non-hydrogen) atoms. The lowest BCUT2D eigenvalue weighted by Gasteiger charge is -2.43. The van der Waals surface area contributed by atoms with Gasteiger partial charge >= 0.3 is 0 Å². The van der Waals surface area contributed by atoms with E-state index < -0.39 is 17.8 Å². The maximum atomic E-state index is 12.8. The van der Waals surface area contributed by atoms with Crippen LogP contribution in [-0.4, -0.2) is 31.0 Å². The summed E-state index contributed by atoms with van der Waals surface area (Å²) in [6.45, 7) is 77.0. The Kier molecular flexibility index (Phi) is 38.1. The summed E-state index contributed by atoms with van der Waals surface area (Å²) >= 11 is 0. The molecular formula is C106H188F6O. The quantitative estimate of drug-likeness (QED) is 0.259. The number of aryl methyl sites for hydroxylation is 1. The summed E-state index contributed by atoms with van der Waals surface area (Å²) in [5.74, 6) is 2.90. The number of rotatable bonds is 1. The second kappa shape index (κ2) is 41.7. The Morgan fingerprint density at radius 3 is 0.876 bits per heavy atom. The van der Waals surface area contributed by atoms with E-state index in [2.05, 4.69) is 242 Å². The molecule has 4 atom stereocenters. The van der Waals surface area contributed by atoms with E-state index in [1.165, 1.54) is 147 Å². The van der Waals surface area contributed by atoms with Crippen LogP contribution in [0, 0.1) is 125 Å². The molecule has 0 bridgehead atoms. The van der Waals surface area contributed by atoms with E-state index in [0.29, 0.717) is 73.9 Å². The molecule has 1 saturated heterocycles. The van der Waals surface area contributed by atoms with Crippen LogP contribution in [0.4, 0.5) is 26.3 Å². The monoisotopic (exact) mass is 1590 g/mol. The highest BCUT2D eigenvalue weighted by atomic mass is 19.3. The Labute approximate surface area is 699 Å². The molecule has 1 heterocycles. The lowest BCUT2D eigenvalue weighted by Crippen LogP contribution is -2.42. The molecule has 14 rings (SSSR count). The van der Waals surface area contributed by atoms with Crippen molar-refractivity contribution in [3.8, 4) is 0 Å². The molecule has 1 nitrogen and oxygen atoms in total. The van der Waals surface area contributed by atoms with E-state index in [-0.39, 0.29) is 66.6 Å². The summed E-state index contributed by atoms with van der Waals surface area (Å²) in [6, 6.07) is 19.9. The van der Waals surface area contributed by atoms with Gasteiger partial charge in [-0.2, -0.15) is 0 Å². The Morgan fingerprint density at radius 1 is 0.274 bits per heavy atom. The van der Waals surface area contributed by atoms with Gasteiger partial charge in [0, 0.05) is 57.2 Å². The van der Waals surface area contributed by atoms with Gasteiger partial charge < -0.3 is 4.74 Å². The van der Waals surface area contributed by atoms with Crippen molar-refractivity contribution in [1.29, 1.82) is 0 Å². The fraction of sp³-hybridized carbons (Fsp3) is 0.887. The first kappa shape index (κ1) is 103. The first-order valence-corrected chi connectivity index (χ1v) is 47.0. The third-order valence-electron chi connectivity index (χ3n) is 30.0. The Balaban J connectivity index is 0.000000263. The number of halogens is 6. The molecule has 10 saturated carbocycles. The van der Waals surface area contributed by atoms with E-state index in [4.69, 9.17) is 4.74 Å². The molecule has 4 unspecified atom stereocenters. The summed E-state index contributed by atoms with van der Waals surface area (Å²) in [6.07, 6.45) is 35.8. The van der Waals surface area contributed by atoms with Gasteiger partial charge in [0.1, 0.15) is 0 Å². The molecule has 11 aliphatic carbocycles. The first-order valence-electron chi connectivity index (χ1n) is 47.0. The minimum absolute atomic E-state index is 0.0555. The lowest BCUT2D eigenvalue weighted by atomic mass is 9.66. The van der Waals surface area contributed by atoms with Crippen molar-refractivity contribution in [2.24, 2.45) is 125 Å². The molecule has 2 aromatic rings. The maximum Gasteiger partial charge on any atom is 0.248 e. The van der Waals surface area contributed by atoms with Crippen LogP contribution in [0.5, 0.6) is 0 Å². The topological polar surface area (TPSA) is 9.23 Å². The van der Waals surface area contributed by atoms with Crippen molar-refractivity contribution in [2.45, 2.75) is 463 Å². The van der Waals surface area contributed by atoms with Gasteiger partial charge in [-0.15, -0.1) is 0 Å². The number of benzene rings is 2. The molecule has 11 fully saturated rings. The van der Waals surface area contributed by atoms with E-state index in [9.17, 15) is 26.3 Å². The van der Waals surface area contributed by atoms with E-state index >= 15 is 0 Å².